The average molecular weight is 372 g/mol. The maximum atomic E-state index is 12.9. The summed E-state index contributed by atoms with van der Waals surface area (Å²) in [5.74, 6) is -0.0746. The second-order valence-electron chi connectivity index (χ2n) is 6.66. The van der Waals surface area contributed by atoms with E-state index >= 15 is 0 Å². The van der Waals surface area contributed by atoms with Gasteiger partial charge in [0, 0.05) is 28.1 Å². The van der Waals surface area contributed by atoms with Gasteiger partial charge in [-0.2, -0.15) is 0 Å². The van der Waals surface area contributed by atoms with Crippen molar-refractivity contribution < 1.29 is 4.79 Å². The van der Waals surface area contributed by atoms with Crippen LogP contribution in [0.2, 0.25) is 0 Å². The highest BCUT2D eigenvalue weighted by atomic mass is 32.1. The van der Waals surface area contributed by atoms with E-state index in [1.54, 1.807) is 11.3 Å². The minimum absolute atomic E-state index is 0.0746. The summed E-state index contributed by atoms with van der Waals surface area (Å²) in [5, 5.41) is 5.98. The molecule has 1 N–H and O–H groups in total. The van der Waals surface area contributed by atoms with Gasteiger partial charge in [-0.25, -0.2) is 0 Å². The number of para-hydroxylation sites is 1. The average Bonchev–Trinajstić information content (AvgIpc) is 3.21. The van der Waals surface area contributed by atoms with E-state index in [0.717, 1.165) is 32.6 Å². The summed E-state index contributed by atoms with van der Waals surface area (Å²) in [4.78, 5) is 18.8. The van der Waals surface area contributed by atoms with E-state index < -0.39 is 0 Å². The molecule has 3 nitrogen and oxygen atoms in total. The maximum absolute atomic E-state index is 12.9. The molecule has 0 aliphatic rings. The first kappa shape index (κ1) is 17.4. The Kier molecular flexibility index (Phi) is 4.73. The molecule has 2 heterocycles. The molecule has 0 atom stereocenters. The van der Waals surface area contributed by atoms with Gasteiger partial charge in [-0.3, -0.25) is 9.78 Å². The van der Waals surface area contributed by atoms with Crippen LogP contribution >= 0.6 is 11.3 Å². The number of thiophene rings is 1. The van der Waals surface area contributed by atoms with Crippen LogP contribution in [0.25, 0.3) is 21.3 Å². The van der Waals surface area contributed by atoms with Gasteiger partial charge < -0.3 is 5.32 Å². The van der Waals surface area contributed by atoms with Gasteiger partial charge in [-0.05, 0) is 36.9 Å². The molecular weight excluding hydrogens is 352 g/mol. The Morgan fingerprint density at radius 3 is 2.59 bits per heavy atom. The Morgan fingerprint density at radius 2 is 1.85 bits per heavy atom. The Balaban J connectivity index is 1.69. The summed E-state index contributed by atoms with van der Waals surface area (Å²) < 4.78 is 0. The summed E-state index contributed by atoms with van der Waals surface area (Å²) in [7, 11) is 0. The van der Waals surface area contributed by atoms with Crippen molar-refractivity contribution in [2.45, 2.75) is 20.4 Å². The van der Waals surface area contributed by atoms with Crippen molar-refractivity contribution in [2.24, 2.45) is 0 Å². The number of aromatic nitrogens is 1. The third-order valence-corrected chi connectivity index (χ3v) is 5.48. The van der Waals surface area contributed by atoms with Crippen molar-refractivity contribution in [1.29, 1.82) is 0 Å². The van der Waals surface area contributed by atoms with E-state index in [1.807, 2.05) is 43.3 Å². The molecule has 0 unspecified atom stereocenters. The number of nitrogens with zero attached hydrogens (tertiary/aromatic N) is 1. The minimum Gasteiger partial charge on any atom is -0.348 e. The number of benzene rings is 2. The number of amides is 1. The molecule has 2 aromatic carbocycles. The summed E-state index contributed by atoms with van der Waals surface area (Å²) in [5.41, 5.74) is 5.75. The zero-order valence-corrected chi connectivity index (χ0v) is 16.1. The zero-order chi connectivity index (χ0) is 18.8. The molecule has 4 heteroatoms. The van der Waals surface area contributed by atoms with E-state index in [-0.39, 0.29) is 5.91 Å². The van der Waals surface area contributed by atoms with E-state index in [1.165, 1.54) is 5.56 Å². The summed E-state index contributed by atoms with van der Waals surface area (Å²) in [6.45, 7) is 4.49. The number of rotatable bonds is 4. The highest BCUT2D eigenvalue weighted by molar-refractivity contribution is 7.13. The molecule has 1 amide bonds. The lowest BCUT2D eigenvalue weighted by molar-refractivity contribution is 0.0952. The molecule has 0 aliphatic carbocycles. The van der Waals surface area contributed by atoms with Gasteiger partial charge in [0.05, 0.1) is 11.1 Å². The standard InChI is InChI=1S/C23H20N2OS/c1-15-8-10-17(11-9-15)14-24-23(26)20-13-16(2)25-22-18(20)5-3-6-19(22)21-7-4-12-27-21/h3-13H,14H2,1-2H3,(H,24,26). The number of nitrogens with one attached hydrogen (secondary N) is 1. The fourth-order valence-corrected chi connectivity index (χ4v) is 3.93. The van der Waals surface area contributed by atoms with Crippen LogP contribution < -0.4 is 5.32 Å². The van der Waals surface area contributed by atoms with E-state index in [9.17, 15) is 4.79 Å². The number of hydrogen-bond donors (Lipinski definition) is 1. The van der Waals surface area contributed by atoms with Crippen LogP contribution in [0.5, 0.6) is 0 Å². The Labute approximate surface area is 162 Å². The molecule has 4 aromatic rings. The second kappa shape index (κ2) is 7.33. The monoisotopic (exact) mass is 372 g/mol. The molecular formula is C23H20N2OS. The zero-order valence-electron chi connectivity index (χ0n) is 15.3. The van der Waals surface area contributed by atoms with Crippen molar-refractivity contribution in [2.75, 3.05) is 0 Å². The van der Waals surface area contributed by atoms with Crippen LogP contribution in [0.3, 0.4) is 0 Å². The molecule has 0 bridgehead atoms. The number of fused-ring (bicyclic) bond motifs is 1. The third-order valence-electron chi connectivity index (χ3n) is 4.57. The molecule has 2 aromatic heterocycles. The second-order valence-corrected chi connectivity index (χ2v) is 7.61. The fourth-order valence-electron chi connectivity index (χ4n) is 3.18. The van der Waals surface area contributed by atoms with Crippen molar-refractivity contribution in [1.82, 2.24) is 10.3 Å². The molecule has 4 rings (SSSR count). The van der Waals surface area contributed by atoms with Crippen molar-refractivity contribution >= 4 is 28.1 Å². The molecule has 0 radical (unpaired) electrons. The third kappa shape index (κ3) is 3.62. The quantitative estimate of drug-likeness (QED) is 0.513. The van der Waals surface area contributed by atoms with Crippen LogP contribution in [-0.2, 0) is 6.54 Å². The Hall–Kier alpha value is -2.98. The SMILES string of the molecule is Cc1ccc(CNC(=O)c2cc(C)nc3c(-c4cccs4)cccc23)cc1. The molecule has 0 spiro atoms. The summed E-state index contributed by atoms with van der Waals surface area (Å²) in [6.07, 6.45) is 0. The number of aryl methyl sites for hydroxylation is 2. The number of carbonyl (C=O) groups is 1. The first-order valence-corrected chi connectivity index (χ1v) is 9.78. The van der Waals surface area contributed by atoms with Gasteiger partial charge in [0.2, 0.25) is 0 Å². The first-order chi connectivity index (χ1) is 13.1. The van der Waals surface area contributed by atoms with E-state index in [4.69, 9.17) is 4.98 Å². The highest BCUT2D eigenvalue weighted by Gasteiger charge is 2.15. The van der Waals surface area contributed by atoms with Crippen LogP contribution in [0, 0.1) is 13.8 Å². The van der Waals surface area contributed by atoms with E-state index in [2.05, 4.69) is 41.9 Å². The summed E-state index contributed by atoms with van der Waals surface area (Å²) in [6, 6.07) is 20.2. The van der Waals surface area contributed by atoms with Crippen LogP contribution in [0.15, 0.2) is 66.0 Å². The molecule has 0 fully saturated rings. The molecule has 0 saturated heterocycles. The molecule has 0 saturated carbocycles. The number of pyridine rings is 1. The van der Waals surface area contributed by atoms with Crippen LogP contribution in [0.4, 0.5) is 0 Å². The first-order valence-electron chi connectivity index (χ1n) is 8.90. The van der Waals surface area contributed by atoms with Crippen molar-refractivity contribution in [3.05, 3.63) is 88.4 Å². The Morgan fingerprint density at radius 1 is 1.04 bits per heavy atom. The lowest BCUT2D eigenvalue weighted by Gasteiger charge is -2.11. The normalized spacial score (nSPS) is 10.9. The van der Waals surface area contributed by atoms with Crippen molar-refractivity contribution in [3.8, 4) is 10.4 Å². The van der Waals surface area contributed by atoms with Gasteiger partial charge in [-0.1, -0.05) is 54.1 Å². The van der Waals surface area contributed by atoms with Gasteiger partial charge in [0.1, 0.15) is 0 Å². The van der Waals surface area contributed by atoms with E-state index in [0.29, 0.717) is 12.1 Å². The van der Waals surface area contributed by atoms with Crippen molar-refractivity contribution in [3.63, 3.8) is 0 Å². The predicted molar refractivity (Wildman–Crippen MR) is 112 cm³/mol. The largest absolute Gasteiger partial charge is 0.348 e. The van der Waals surface area contributed by atoms with Crippen LogP contribution in [0.1, 0.15) is 27.2 Å². The lowest BCUT2D eigenvalue weighted by atomic mass is 10.0. The minimum atomic E-state index is -0.0746. The smallest absolute Gasteiger partial charge is 0.252 e. The summed E-state index contributed by atoms with van der Waals surface area (Å²) >= 11 is 1.68. The number of hydrogen-bond acceptors (Lipinski definition) is 3. The topological polar surface area (TPSA) is 42.0 Å². The fraction of sp³-hybridized carbons (Fsp3) is 0.130. The molecule has 0 aliphatic heterocycles. The van der Waals surface area contributed by atoms with Gasteiger partial charge >= 0.3 is 0 Å². The van der Waals surface area contributed by atoms with Gasteiger partial charge in [-0.15, -0.1) is 11.3 Å². The highest BCUT2D eigenvalue weighted by Crippen LogP contribution is 2.32. The predicted octanol–water partition coefficient (Wildman–Crippen LogP) is 5.51. The maximum Gasteiger partial charge on any atom is 0.252 e. The van der Waals surface area contributed by atoms with Gasteiger partial charge in [0.15, 0.2) is 0 Å². The Bertz CT molecular complexity index is 1100. The van der Waals surface area contributed by atoms with Crippen LogP contribution in [-0.4, -0.2) is 10.9 Å². The van der Waals surface area contributed by atoms with Gasteiger partial charge in [0.25, 0.3) is 5.91 Å². The number of carbonyl (C=O) groups excluding carboxylic acids is 1. The molecule has 27 heavy (non-hydrogen) atoms. The lowest BCUT2D eigenvalue weighted by Crippen LogP contribution is -2.23. The molecule has 134 valence electrons.